The number of ether oxygens (including phenoxy) is 1. The van der Waals surface area contributed by atoms with Gasteiger partial charge < -0.3 is 14.5 Å². The second-order valence-corrected chi connectivity index (χ2v) is 6.91. The molecule has 4 aromatic rings. The molecule has 0 aliphatic carbocycles. The van der Waals surface area contributed by atoms with Gasteiger partial charge in [-0.1, -0.05) is 48.5 Å². The fourth-order valence-electron chi connectivity index (χ4n) is 3.49. The molecule has 0 saturated heterocycles. The van der Waals surface area contributed by atoms with Crippen LogP contribution < -0.4 is 10.1 Å². The number of hydrogen-bond acceptors (Lipinski definition) is 3. The van der Waals surface area contributed by atoms with Gasteiger partial charge in [-0.25, -0.2) is 4.98 Å². The maximum atomic E-state index is 13.2. The third kappa shape index (κ3) is 4.29. The first-order chi connectivity index (χ1) is 14.2. The van der Waals surface area contributed by atoms with Gasteiger partial charge in [-0.2, -0.15) is 0 Å². The molecular weight excluding hydrogens is 362 g/mol. The summed E-state index contributed by atoms with van der Waals surface area (Å²) in [5.74, 6) is 1.19. The SMILES string of the molecule is COc1cccc(C(Cc2ccccc2)C(=O)NCc2ncc3ccccn23)c1. The molecule has 2 aromatic heterocycles. The lowest BCUT2D eigenvalue weighted by atomic mass is 9.91. The van der Waals surface area contributed by atoms with Gasteiger partial charge >= 0.3 is 0 Å². The molecule has 0 saturated carbocycles. The molecule has 2 heterocycles. The van der Waals surface area contributed by atoms with E-state index in [9.17, 15) is 4.79 Å². The number of methoxy groups -OCH3 is 1. The van der Waals surface area contributed by atoms with Crippen LogP contribution in [-0.2, 0) is 17.8 Å². The molecule has 0 radical (unpaired) electrons. The molecule has 4 rings (SSSR count). The van der Waals surface area contributed by atoms with Gasteiger partial charge in [-0.3, -0.25) is 4.79 Å². The molecule has 0 fully saturated rings. The van der Waals surface area contributed by atoms with Crippen molar-refractivity contribution >= 4 is 11.4 Å². The van der Waals surface area contributed by atoms with Crippen molar-refractivity contribution in [1.82, 2.24) is 14.7 Å². The van der Waals surface area contributed by atoms with E-state index < -0.39 is 0 Å². The Bertz CT molecular complexity index is 1110. The standard InChI is InChI=1S/C24H23N3O2/c1-29-21-12-7-10-19(15-21)22(14-18-8-3-2-4-9-18)24(28)26-17-23-25-16-20-11-5-6-13-27(20)23/h2-13,15-16,22H,14,17H2,1H3,(H,26,28). The lowest BCUT2D eigenvalue weighted by Crippen LogP contribution is -2.31. The predicted molar refractivity (Wildman–Crippen MR) is 113 cm³/mol. The van der Waals surface area contributed by atoms with Gasteiger partial charge in [0.15, 0.2) is 0 Å². The van der Waals surface area contributed by atoms with Crippen molar-refractivity contribution in [3.05, 3.63) is 102 Å². The van der Waals surface area contributed by atoms with E-state index in [1.807, 2.05) is 89.6 Å². The maximum absolute atomic E-state index is 13.2. The molecule has 0 aliphatic rings. The van der Waals surface area contributed by atoms with Crippen LogP contribution in [0.1, 0.15) is 22.9 Å². The smallest absolute Gasteiger partial charge is 0.228 e. The van der Waals surface area contributed by atoms with Gasteiger partial charge in [0.05, 0.1) is 31.3 Å². The largest absolute Gasteiger partial charge is 0.497 e. The average molecular weight is 385 g/mol. The highest BCUT2D eigenvalue weighted by Crippen LogP contribution is 2.25. The fraction of sp³-hybridized carbons (Fsp3) is 0.167. The first kappa shape index (κ1) is 18.7. The lowest BCUT2D eigenvalue weighted by molar-refractivity contribution is -0.122. The number of amides is 1. The topological polar surface area (TPSA) is 55.6 Å². The van der Waals surface area contributed by atoms with Crippen molar-refractivity contribution < 1.29 is 9.53 Å². The number of carbonyl (C=O) groups is 1. The summed E-state index contributed by atoms with van der Waals surface area (Å²) in [6, 6.07) is 23.7. The van der Waals surface area contributed by atoms with Crippen LogP contribution in [0, 0.1) is 0 Å². The third-order valence-electron chi connectivity index (χ3n) is 5.03. The summed E-state index contributed by atoms with van der Waals surface area (Å²) >= 11 is 0. The first-order valence-electron chi connectivity index (χ1n) is 9.61. The number of nitrogens with zero attached hydrogens (tertiary/aromatic N) is 2. The second kappa shape index (κ2) is 8.61. The highest BCUT2D eigenvalue weighted by atomic mass is 16.5. The lowest BCUT2D eigenvalue weighted by Gasteiger charge is -2.18. The van der Waals surface area contributed by atoms with E-state index in [-0.39, 0.29) is 11.8 Å². The number of aromatic nitrogens is 2. The number of carbonyl (C=O) groups excluding carboxylic acids is 1. The second-order valence-electron chi connectivity index (χ2n) is 6.91. The Labute approximate surface area is 170 Å². The Kier molecular flexibility index (Phi) is 5.56. The minimum absolute atomic E-state index is 0.0326. The Hall–Kier alpha value is -3.60. The van der Waals surface area contributed by atoms with E-state index in [2.05, 4.69) is 10.3 Å². The molecule has 0 aliphatic heterocycles. The van der Waals surface area contributed by atoms with Crippen LogP contribution in [0.15, 0.2) is 85.2 Å². The third-order valence-corrected chi connectivity index (χ3v) is 5.03. The molecule has 146 valence electrons. The van der Waals surface area contributed by atoms with Crippen LogP contribution in [0.5, 0.6) is 5.75 Å². The number of fused-ring (bicyclic) bond motifs is 1. The Morgan fingerprint density at radius 3 is 2.72 bits per heavy atom. The van der Waals surface area contributed by atoms with Gasteiger partial charge in [-0.05, 0) is 41.8 Å². The summed E-state index contributed by atoms with van der Waals surface area (Å²) in [6.07, 6.45) is 4.38. The van der Waals surface area contributed by atoms with Crippen LogP contribution in [0.3, 0.4) is 0 Å². The number of hydrogen-bond donors (Lipinski definition) is 1. The molecule has 2 aromatic carbocycles. The van der Waals surface area contributed by atoms with Gasteiger partial charge in [0.1, 0.15) is 11.6 Å². The summed E-state index contributed by atoms with van der Waals surface area (Å²) in [5, 5.41) is 3.07. The zero-order chi connectivity index (χ0) is 20.1. The monoisotopic (exact) mass is 385 g/mol. The molecule has 1 amide bonds. The van der Waals surface area contributed by atoms with Crippen LogP contribution in [0.4, 0.5) is 0 Å². The van der Waals surface area contributed by atoms with E-state index in [0.29, 0.717) is 13.0 Å². The van der Waals surface area contributed by atoms with E-state index in [4.69, 9.17) is 4.74 Å². The van der Waals surface area contributed by atoms with Crippen molar-refractivity contribution in [2.45, 2.75) is 18.9 Å². The Balaban J connectivity index is 1.56. The highest BCUT2D eigenvalue weighted by molar-refractivity contribution is 5.84. The Morgan fingerprint density at radius 1 is 1.07 bits per heavy atom. The van der Waals surface area contributed by atoms with E-state index in [0.717, 1.165) is 28.2 Å². The first-order valence-corrected chi connectivity index (χ1v) is 9.61. The van der Waals surface area contributed by atoms with Gasteiger partial charge in [0.2, 0.25) is 5.91 Å². The van der Waals surface area contributed by atoms with Gasteiger partial charge in [0.25, 0.3) is 0 Å². The molecule has 0 bridgehead atoms. The van der Waals surface area contributed by atoms with Crippen LogP contribution >= 0.6 is 0 Å². The molecule has 1 N–H and O–H groups in total. The van der Waals surface area contributed by atoms with Crippen molar-refractivity contribution in [3.8, 4) is 5.75 Å². The molecule has 0 spiro atoms. The van der Waals surface area contributed by atoms with Crippen molar-refractivity contribution in [2.24, 2.45) is 0 Å². The molecular formula is C24H23N3O2. The summed E-state index contributed by atoms with van der Waals surface area (Å²) in [7, 11) is 1.63. The normalized spacial score (nSPS) is 11.9. The van der Waals surface area contributed by atoms with Gasteiger partial charge in [-0.15, -0.1) is 0 Å². The number of rotatable bonds is 7. The van der Waals surface area contributed by atoms with E-state index in [1.54, 1.807) is 7.11 Å². The number of imidazole rings is 1. The number of nitrogens with one attached hydrogen (secondary N) is 1. The van der Waals surface area contributed by atoms with Crippen molar-refractivity contribution in [3.63, 3.8) is 0 Å². The van der Waals surface area contributed by atoms with Crippen LogP contribution in [-0.4, -0.2) is 22.4 Å². The Morgan fingerprint density at radius 2 is 1.90 bits per heavy atom. The van der Waals surface area contributed by atoms with Crippen LogP contribution in [0.2, 0.25) is 0 Å². The molecule has 1 atom stereocenters. The van der Waals surface area contributed by atoms with E-state index in [1.165, 1.54) is 0 Å². The molecule has 1 unspecified atom stereocenters. The summed E-state index contributed by atoms with van der Waals surface area (Å²) in [6.45, 7) is 0.367. The summed E-state index contributed by atoms with van der Waals surface area (Å²) in [4.78, 5) is 17.6. The molecule has 5 nitrogen and oxygen atoms in total. The minimum Gasteiger partial charge on any atom is -0.497 e. The average Bonchev–Trinajstić information content (AvgIpc) is 3.20. The highest BCUT2D eigenvalue weighted by Gasteiger charge is 2.22. The van der Waals surface area contributed by atoms with E-state index >= 15 is 0 Å². The zero-order valence-corrected chi connectivity index (χ0v) is 16.3. The number of benzene rings is 2. The van der Waals surface area contributed by atoms with Crippen LogP contribution in [0.25, 0.3) is 5.52 Å². The minimum atomic E-state index is -0.321. The van der Waals surface area contributed by atoms with Crippen molar-refractivity contribution in [2.75, 3.05) is 7.11 Å². The maximum Gasteiger partial charge on any atom is 0.228 e. The molecule has 5 heteroatoms. The van der Waals surface area contributed by atoms with Crippen molar-refractivity contribution in [1.29, 1.82) is 0 Å². The fourth-order valence-corrected chi connectivity index (χ4v) is 3.49. The predicted octanol–water partition coefficient (Wildman–Crippen LogP) is 3.99. The zero-order valence-electron chi connectivity index (χ0n) is 16.3. The number of pyridine rings is 1. The summed E-state index contributed by atoms with van der Waals surface area (Å²) < 4.78 is 7.34. The molecule has 29 heavy (non-hydrogen) atoms. The quantitative estimate of drug-likeness (QED) is 0.523. The summed E-state index contributed by atoms with van der Waals surface area (Å²) in [5.41, 5.74) is 3.05. The van der Waals surface area contributed by atoms with Gasteiger partial charge in [0, 0.05) is 6.20 Å².